The van der Waals surface area contributed by atoms with E-state index in [-0.39, 0.29) is 5.56 Å². The molecule has 1 aromatic carbocycles. The quantitative estimate of drug-likeness (QED) is 0.941. The van der Waals surface area contributed by atoms with Crippen molar-refractivity contribution in [3.05, 3.63) is 48.2 Å². The predicted molar refractivity (Wildman–Crippen MR) is 71.9 cm³/mol. The van der Waals surface area contributed by atoms with Gasteiger partial charge in [-0.2, -0.15) is 0 Å². The Morgan fingerprint density at radius 1 is 1.14 bits per heavy atom. The van der Waals surface area contributed by atoms with Crippen molar-refractivity contribution in [3.63, 3.8) is 0 Å². The standard InChI is InChI=1S/C14H11F3N2O3/c1-21-12-7-4-10(8-18-12)19-13(20)9-2-5-11(6-3-9)22-14(15,16)17/h2-8H,1H3,(H,19,20). The first-order valence-electron chi connectivity index (χ1n) is 6.04. The molecule has 0 bridgehead atoms. The topological polar surface area (TPSA) is 60.5 Å². The van der Waals surface area contributed by atoms with Crippen molar-refractivity contribution in [2.24, 2.45) is 0 Å². The van der Waals surface area contributed by atoms with Gasteiger partial charge in [0.15, 0.2) is 0 Å². The minimum Gasteiger partial charge on any atom is -0.481 e. The lowest BCUT2D eigenvalue weighted by atomic mass is 10.2. The van der Waals surface area contributed by atoms with E-state index in [0.717, 1.165) is 12.1 Å². The number of aromatic nitrogens is 1. The maximum Gasteiger partial charge on any atom is 0.573 e. The number of carbonyl (C=O) groups excluding carboxylic acids is 1. The van der Waals surface area contributed by atoms with E-state index >= 15 is 0 Å². The summed E-state index contributed by atoms with van der Waals surface area (Å²) in [5.74, 6) is -0.479. The summed E-state index contributed by atoms with van der Waals surface area (Å²) in [6, 6.07) is 7.74. The van der Waals surface area contributed by atoms with Crippen LogP contribution in [0.4, 0.5) is 18.9 Å². The van der Waals surface area contributed by atoms with Crippen LogP contribution in [-0.4, -0.2) is 24.4 Å². The van der Waals surface area contributed by atoms with Crippen molar-refractivity contribution < 1.29 is 27.4 Å². The third kappa shape index (κ3) is 4.37. The Balaban J connectivity index is 2.03. The molecule has 22 heavy (non-hydrogen) atoms. The average Bonchev–Trinajstić information content (AvgIpc) is 2.47. The summed E-state index contributed by atoms with van der Waals surface area (Å²) in [4.78, 5) is 15.8. The van der Waals surface area contributed by atoms with Crippen molar-refractivity contribution in [1.82, 2.24) is 4.98 Å². The third-order valence-corrected chi connectivity index (χ3v) is 2.55. The Labute approximate surface area is 123 Å². The minimum absolute atomic E-state index is 0.186. The van der Waals surface area contributed by atoms with Crippen LogP contribution in [0.15, 0.2) is 42.6 Å². The first-order chi connectivity index (χ1) is 10.4. The highest BCUT2D eigenvalue weighted by atomic mass is 19.4. The molecule has 2 aromatic rings. The van der Waals surface area contributed by atoms with Gasteiger partial charge in [-0.3, -0.25) is 4.79 Å². The van der Waals surface area contributed by atoms with Gasteiger partial charge in [0.2, 0.25) is 5.88 Å². The summed E-state index contributed by atoms with van der Waals surface area (Å²) in [6.07, 6.45) is -3.36. The van der Waals surface area contributed by atoms with Gasteiger partial charge in [0.25, 0.3) is 5.91 Å². The molecule has 0 atom stereocenters. The molecule has 1 aromatic heterocycles. The zero-order valence-electron chi connectivity index (χ0n) is 11.3. The minimum atomic E-state index is -4.77. The molecule has 5 nitrogen and oxygen atoms in total. The second-order valence-corrected chi connectivity index (χ2v) is 4.12. The second kappa shape index (κ2) is 6.33. The molecule has 1 heterocycles. The van der Waals surface area contributed by atoms with Crippen LogP contribution in [0.1, 0.15) is 10.4 Å². The summed E-state index contributed by atoms with van der Waals surface area (Å²) in [5, 5.41) is 2.56. The molecule has 0 saturated carbocycles. The first kappa shape index (κ1) is 15.6. The number of benzene rings is 1. The molecule has 0 spiro atoms. The largest absolute Gasteiger partial charge is 0.573 e. The molecule has 0 saturated heterocycles. The lowest BCUT2D eigenvalue weighted by molar-refractivity contribution is -0.274. The predicted octanol–water partition coefficient (Wildman–Crippen LogP) is 3.24. The van der Waals surface area contributed by atoms with Gasteiger partial charge in [-0.25, -0.2) is 4.98 Å². The lowest BCUT2D eigenvalue weighted by Crippen LogP contribution is -2.17. The highest BCUT2D eigenvalue weighted by Gasteiger charge is 2.31. The third-order valence-electron chi connectivity index (χ3n) is 2.55. The van der Waals surface area contributed by atoms with Gasteiger partial charge in [0, 0.05) is 11.6 Å². The van der Waals surface area contributed by atoms with Gasteiger partial charge in [-0.15, -0.1) is 13.2 Å². The Morgan fingerprint density at radius 2 is 1.82 bits per heavy atom. The average molecular weight is 312 g/mol. The number of nitrogens with zero attached hydrogens (tertiary/aromatic N) is 1. The van der Waals surface area contributed by atoms with E-state index in [1.54, 1.807) is 12.1 Å². The van der Waals surface area contributed by atoms with Crippen LogP contribution in [0, 0.1) is 0 Å². The first-order valence-corrected chi connectivity index (χ1v) is 6.04. The van der Waals surface area contributed by atoms with E-state index in [1.165, 1.54) is 25.4 Å². The van der Waals surface area contributed by atoms with E-state index in [4.69, 9.17) is 4.74 Å². The molecule has 0 fully saturated rings. The monoisotopic (exact) mass is 312 g/mol. The fourth-order valence-corrected chi connectivity index (χ4v) is 1.59. The summed E-state index contributed by atoms with van der Waals surface area (Å²) < 4.78 is 44.7. The van der Waals surface area contributed by atoms with Crippen LogP contribution in [0.5, 0.6) is 11.6 Å². The van der Waals surface area contributed by atoms with E-state index in [2.05, 4.69) is 15.0 Å². The van der Waals surface area contributed by atoms with Crippen LogP contribution < -0.4 is 14.8 Å². The zero-order chi connectivity index (χ0) is 16.2. The maximum absolute atomic E-state index is 12.0. The Morgan fingerprint density at radius 3 is 2.32 bits per heavy atom. The van der Waals surface area contributed by atoms with Gasteiger partial charge in [-0.1, -0.05) is 0 Å². The van der Waals surface area contributed by atoms with Crippen LogP contribution >= 0.6 is 0 Å². The summed E-state index contributed by atoms with van der Waals surface area (Å²) in [7, 11) is 1.46. The number of hydrogen-bond acceptors (Lipinski definition) is 4. The SMILES string of the molecule is COc1ccc(NC(=O)c2ccc(OC(F)(F)F)cc2)cn1. The molecular formula is C14H11F3N2O3. The molecular weight excluding hydrogens is 301 g/mol. The Kier molecular flexibility index (Phi) is 4.50. The molecule has 0 aliphatic rings. The van der Waals surface area contributed by atoms with E-state index in [1.807, 2.05) is 0 Å². The number of amides is 1. The summed E-state index contributed by atoms with van der Waals surface area (Å²) >= 11 is 0. The zero-order valence-corrected chi connectivity index (χ0v) is 11.3. The van der Waals surface area contributed by atoms with Gasteiger partial charge in [-0.05, 0) is 30.3 Å². The van der Waals surface area contributed by atoms with E-state index < -0.39 is 18.0 Å². The Hall–Kier alpha value is -2.77. The van der Waals surface area contributed by atoms with Crippen molar-refractivity contribution in [1.29, 1.82) is 0 Å². The normalized spacial score (nSPS) is 10.9. The van der Waals surface area contributed by atoms with Gasteiger partial charge >= 0.3 is 6.36 Å². The number of carbonyl (C=O) groups is 1. The number of pyridine rings is 1. The van der Waals surface area contributed by atoms with Gasteiger partial charge in [0.05, 0.1) is 19.0 Å². The number of nitrogens with one attached hydrogen (secondary N) is 1. The molecule has 116 valence electrons. The van der Waals surface area contributed by atoms with Crippen LogP contribution in [0.3, 0.4) is 0 Å². The number of ether oxygens (including phenoxy) is 2. The van der Waals surface area contributed by atoms with Crippen molar-refractivity contribution in [2.75, 3.05) is 12.4 Å². The number of halogens is 3. The fraction of sp³-hybridized carbons (Fsp3) is 0.143. The number of methoxy groups -OCH3 is 1. The number of anilines is 1. The maximum atomic E-state index is 12.0. The van der Waals surface area contributed by atoms with Crippen LogP contribution in [0.25, 0.3) is 0 Å². The molecule has 1 N–H and O–H groups in total. The van der Waals surface area contributed by atoms with E-state index in [9.17, 15) is 18.0 Å². The summed E-state index contributed by atoms with van der Waals surface area (Å²) in [6.45, 7) is 0. The van der Waals surface area contributed by atoms with Crippen LogP contribution in [0.2, 0.25) is 0 Å². The van der Waals surface area contributed by atoms with Gasteiger partial charge in [0.1, 0.15) is 5.75 Å². The second-order valence-electron chi connectivity index (χ2n) is 4.12. The van der Waals surface area contributed by atoms with Crippen molar-refractivity contribution >= 4 is 11.6 Å². The molecule has 1 amide bonds. The van der Waals surface area contributed by atoms with E-state index in [0.29, 0.717) is 11.6 Å². The summed E-state index contributed by atoms with van der Waals surface area (Å²) in [5.41, 5.74) is 0.617. The smallest absolute Gasteiger partial charge is 0.481 e. The molecule has 0 aliphatic carbocycles. The number of alkyl halides is 3. The lowest BCUT2D eigenvalue weighted by Gasteiger charge is -2.09. The molecule has 0 aliphatic heterocycles. The van der Waals surface area contributed by atoms with Crippen molar-refractivity contribution in [3.8, 4) is 11.6 Å². The molecule has 0 radical (unpaired) electrons. The number of rotatable bonds is 4. The molecule has 8 heteroatoms. The van der Waals surface area contributed by atoms with Gasteiger partial charge < -0.3 is 14.8 Å². The molecule has 2 rings (SSSR count). The molecule has 0 unspecified atom stereocenters. The highest BCUT2D eigenvalue weighted by Crippen LogP contribution is 2.23. The fourth-order valence-electron chi connectivity index (χ4n) is 1.59. The number of hydrogen-bond donors (Lipinski definition) is 1. The highest BCUT2D eigenvalue weighted by molar-refractivity contribution is 6.04. The van der Waals surface area contributed by atoms with Crippen LogP contribution in [-0.2, 0) is 0 Å². The Bertz CT molecular complexity index is 640. The van der Waals surface area contributed by atoms with Crippen molar-refractivity contribution in [2.45, 2.75) is 6.36 Å².